The van der Waals surface area contributed by atoms with Gasteiger partial charge in [0.25, 0.3) is 0 Å². The van der Waals surface area contributed by atoms with E-state index in [0.717, 1.165) is 24.0 Å². The van der Waals surface area contributed by atoms with Crippen LogP contribution in [0.1, 0.15) is 16.1 Å². The summed E-state index contributed by atoms with van der Waals surface area (Å²) in [5.74, 6) is -0.263. The lowest BCUT2D eigenvalue weighted by Gasteiger charge is -2.32. The smallest absolute Gasteiger partial charge is 0.319 e. The number of rotatable bonds is 6. The average molecular weight is 458 g/mol. The van der Waals surface area contributed by atoms with E-state index in [4.69, 9.17) is 0 Å². The van der Waals surface area contributed by atoms with Crippen molar-refractivity contribution < 1.29 is 14.4 Å². The maximum Gasteiger partial charge on any atom is 0.319 e. The van der Waals surface area contributed by atoms with Gasteiger partial charge in [0.1, 0.15) is 0 Å². The molecule has 0 bridgehead atoms. The quantitative estimate of drug-likeness (QED) is 0.438. The van der Waals surface area contributed by atoms with E-state index in [1.807, 2.05) is 43.4 Å². The van der Waals surface area contributed by atoms with Gasteiger partial charge >= 0.3 is 6.03 Å². The third kappa shape index (κ3) is 6.05. The van der Waals surface area contributed by atoms with Gasteiger partial charge in [0, 0.05) is 42.8 Å². The van der Waals surface area contributed by atoms with E-state index in [9.17, 15) is 14.4 Å². The number of likely N-dealkylation sites (N-methyl/N-ethyl adjacent to an activating group) is 1. The van der Waals surface area contributed by atoms with E-state index >= 15 is 0 Å². The Hall–Kier alpha value is -4.04. The van der Waals surface area contributed by atoms with Crippen LogP contribution in [0, 0.1) is 0 Å². The second-order valence-corrected chi connectivity index (χ2v) is 8.20. The van der Waals surface area contributed by atoms with Gasteiger partial charge in [-0.1, -0.05) is 24.3 Å². The Morgan fingerprint density at radius 2 is 1.68 bits per heavy atom. The highest BCUT2D eigenvalue weighted by Gasteiger charge is 2.19. The summed E-state index contributed by atoms with van der Waals surface area (Å²) >= 11 is 0. The van der Waals surface area contributed by atoms with E-state index in [1.54, 1.807) is 35.2 Å². The van der Waals surface area contributed by atoms with Crippen LogP contribution in [-0.2, 0) is 4.79 Å². The van der Waals surface area contributed by atoms with Crippen molar-refractivity contribution in [1.29, 1.82) is 0 Å². The summed E-state index contributed by atoms with van der Waals surface area (Å²) < 4.78 is 0. The summed E-state index contributed by atoms with van der Waals surface area (Å²) in [6.45, 7) is 2.94. The van der Waals surface area contributed by atoms with E-state index in [0.29, 0.717) is 30.0 Å². The normalized spacial score (nSPS) is 14.3. The van der Waals surface area contributed by atoms with Crippen LogP contribution in [-0.4, -0.2) is 72.3 Å². The highest BCUT2D eigenvalue weighted by atomic mass is 16.2. The van der Waals surface area contributed by atoms with Crippen LogP contribution < -0.4 is 10.6 Å². The predicted molar refractivity (Wildman–Crippen MR) is 133 cm³/mol. The number of benzene rings is 2. The molecule has 0 atom stereocenters. The number of hydrogen-bond donors (Lipinski definition) is 2. The molecule has 1 aromatic heterocycles. The van der Waals surface area contributed by atoms with E-state index in [-0.39, 0.29) is 18.2 Å². The van der Waals surface area contributed by atoms with Crippen LogP contribution in [0.2, 0.25) is 0 Å². The molecule has 4 rings (SSSR count). The zero-order valence-electron chi connectivity index (χ0n) is 19.0. The second kappa shape index (κ2) is 10.7. The van der Waals surface area contributed by atoms with Crippen LogP contribution >= 0.6 is 0 Å². The van der Waals surface area contributed by atoms with Crippen LogP contribution in [0.3, 0.4) is 0 Å². The average Bonchev–Trinajstić information content (AvgIpc) is 2.86. The fraction of sp³-hybridized carbons (Fsp3) is 0.231. The van der Waals surface area contributed by atoms with Crippen LogP contribution in [0.5, 0.6) is 0 Å². The van der Waals surface area contributed by atoms with Gasteiger partial charge in [-0.05, 0) is 55.6 Å². The number of nitrogens with zero attached hydrogens (tertiary/aromatic N) is 3. The third-order valence-corrected chi connectivity index (χ3v) is 5.71. The van der Waals surface area contributed by atoms with Gasteiger partial charge in [-0.25, -0.2) is 9.78 Å². The van der Waals surface area contributed by atoms with Crippen LogP contribution in [0.25, 0.3) is 17.0 Å². The highest BCUT2D eigenvalue weighted by Crippen LogP contribution is 2.14. The number of nitrogens with one attached hydrogen (secondary N) is 2. The number of urea groups is 1. The first-order chi connectivity index (χ1) is 16.5. The minimum Gasteiger partial charge on any atom is -0.339 e. The molecule has 0 radical (unpaired) electrons. The van der Waals surface area contributed by atoms with Crippen molar-refractivity contribution >= 4 is 40.4 Å². The molecule has 0 unspecified atom stereocenters. The lowest BCUT2D eigenvalue weighted by atomic mass is 10.1. The molecule has 1 aliphatic heterocycles. The van der Waals surface area contributed by atoms with Crippen LogP contribution in [0.15, 0.2) is 66.7 Å². The molecule has 3 aromatic rings. The van der Waals surface area contributed by atoms with E-state index in [2.05, 4.69) is 20.5 Å². The zero-order valence-corrected chi connectivity index (χ0v) is 19.0. The van der Waals surface area contributed by atoms with E-state index < -0.39 is 6.03 Å². The van der Waals surface area contributed by atoms with Crippen molar-refractivity contribution in [3.63, 3.8) is 0 Å². The molecular weight excluding hydrogens is 430 g/mol. The lowest BCUT2D eigenvalue weighted by Crippen LogP contribution is -2.50. The molecule has 0 spiro atoms. The molecule has 2 N–H and O–H groups in total. The summed E-state index contributed by atoms with van der Waals surface area (Å²) in [4.78, 5) is 45.3. The highest BCUT2D eigenvalue weighted by molar-refractivity contribution is 6.07. The molecule has 8 nitrogen and oxygen atoms in total. The first-order valence-corrected chi connectivity index (χ1v) is 11.2. The standard InChI is InChI=1S/C26H27N5O3/c1-30-14-16-31(17-15-30)25(33)18-27-26(34)29-22-10-7-20(8-11-22)24(32)13-12-21-9-6-19-4-2-3-5-23(19)28-21/h2-13H,14-18H2,1H3,(H2,27,29,34)/b13-12+. The number of piperazine rings is 1. The number of pyridine rings is 1. The number of fused-ring (bicyclic) bond motifs is 1. The van der Waals surface area contributed by atoms with E-state index in [1.165, 1.54) is 6.08 Å². The summed E-state index contributed by atoms with van der Waals surface area (Å²) in [6, 6.07) is 17.8. The zero-order chi connectivity index (χ0) is 23.9. The molecular formula is C26H27N5O3. The van der Waals surface area contributed by atoms with Gasteiger partial charge in [0.05, 0.1) is 17.8 Å². The molecule has 2 heterocycles. The van der Waals surface area contributed by atoms with Crippen molar-refractivity contribution in [2.45, 2.75) is 0 Å². The Kier molecular flexibility index (Phi) is 7.29. The Morgan fingerprint density at radius 1 is 0.941 bits per heavy atom. The number of anilines is 1. The minimum absolute atomic E-state index is 0.0558. The molecule has 34 heavy (non-hydrogen) atoms. The topological polar surface area (TPSA) is 94.6 Å². The van der Waals surface area contributed by atoms with Gasteiger partial charge in [-0.3, -0.25) is 9.59 Å². The fourth-order valence-corrected chi connectivity index (χ4v) is 3.65. The molecule has 0 aliphatic carbocycles. The Balaban J connectivity index is 1.27. The Bertz CT molecular complexity index is 1210. The number of aromatic nitrogens is 1. The van der Waals surface area contributed by atoms with Gasteiger partial charge in [-0.2, -0.15) is 0 Å². The summed E-state index contributed by atoms with van der Waals surface area (Å²) in [5, 5.41) is 6.31. The van der Waals surface area contributed by atoms with Crippen molar-refractivity contribution in [3.05, 3.63) is 78.0 Å². The number of carbonyl (C=O) groups excluding carboxylic acids is 3. The predicted octanol–water partition coefficient (Wildman–Crippen LogP) is 3.03. The molecule has 2 aromatic carbocycles. The van der Waals surface area contributed by atoms with Gasteiger partial charge in [-0.15, -0.1) is 0 Å². The molecule has 1 saturated heterocycles. The lowest BCUT2D eigenvalue weighted by molar-refractivity contribution is -0.131. The minimum atomic E-state index is -0.469. The largest absolute Gasteiger partial charge is 0.339 e. The number of ketones is 1. The molecule has 8 heteroatoms. The monoisotopic (exact) mass is 457 g/mol. The first kappa shape index (κ1) is 23.1. The van der Waals surface area contributed by atoms with Crippen molar-refractivity contribution in [3.8, 4) is 0 Å². The third-order valence-electron chi connectivity index (χ3n) is 5.71. The summed E-state index contributed by atoms with van der Waals surface area (Å²) in [6.07, 6.45) is 3.17. The Morgan fingerprint density at radius 3 is 2.44 bits per heavy atom. The summed E-state index contributed by atoms with van der Waals surface area (Å²) in [7, 11) is 2.02. The molecule has 3 amide bonds. The number of para-hydroxylation sites is 1. The molecule has 1 aliphatic rings. The number of allylic oxidation sites excluding steroid dienone is 1. The fourth-order valence-electron chi connectivity index (χ4n) is 3.65. The molecule has 174 valence electrons. The van der Waals surface area contributed by atoms with Crippen molar-refractivity contribution in [1.82, 2.24) is 20.1 Å². The first-order valence-electron chi connectivity index (χ1n) is 11.2. The number of carbonyl (C=O) groups is 3. The number of amides is 3. The van der Waals surface area contributed by atoms with Crippen molar-refractivity contribution in [2.24, 2.45) is 0 Å². The van der Waals surface area contributed by atoms with Gasteiger partial charge in [0.15, 0.2) is 5.78 Å². The maximum atomic E-state index is 12.5. The summed E-state index contributed by atoms with van der Waals surface area (Å²) in [5.41, 5.74) is 2.60. The van der Waals surface area contributed by atoms with Gasteiger partial charge in [0.2, 0.25) is 5.91 Å². The molecule has 1 fully saturated rings. The van der Waals surface area contributed by atoms with Crippen LogP contribution in [0.4, 0.5) is 10.5 Å². The number of hydrogen-bond acceptors (Lipinski definition) is 5. The van der Waals surface area contributed by atoms with Gasteiger partial charge < -0.3 is 20.4 Å². The van der Waals surface area contributed by atoms with Crippen molar-refractivity contribution in [2.75, 3.05) is 45.1 Å². The maximum absolute atomic E-state index is 12.5. The second-order valence-electron chi connectivity index (χ2n) is 8.20. The molecule has 0 saturated carbocycles. The Labute approximate surface area is 198 Å². The SMILES string of the molecule is CN1CCN(C(=O)CNC(=O)Nc2ccc(C(=O)/C=C/c3ccc4ccccc4n3)cc2)CC1.